The molecule has 0 radical (unpaired) electrons. The summed E-state index contributed by atoms with van der Waals surface area (Å²) in [6, 6.07) is 4.45. The molecule has 1 unspecified atom stereocenters. The molecular formula is C17H22ClNO2. The van der Waals surface area contributed by atoms with Gasteiger partial charge in [0.2, 0.25) is 0 Å². The van der Waals surface area contributed by atoms with E-state index < -0.39 is 0 Å². The quantitative estimate of drug-likeness (QED) is 0.803. The van der Waals surface area contributed by atoms with E-state index in [1.165, 1.54) is 19.3 Å². The number of nitrogens with one attached hydrogen (secondary N) is 1. The maximum absolute atomic E-state index is 6.21. The molecule has 1 atom stereocenters. The van der Waals surface area contributed by atoms with E-state index in [2.05, 4.69) is 17.5 Å². The highest BCUT2D eigenvalue weighted by Gasteiger charge is 2.22. The number of hydrogen-bond donors (Lipinski definition) is 1. The van der Waals surface area contributed by atoms with Crippen LogP contribution in [0.4, 0.5) is 0 Å². The van der Waals surface area contributed by atoms with Gasteiger partial charge in [0.25, 0.3) is 0 Å². The van der Waals surface area contributed by atoms with Gasteiger partial charge in [0, 0.05) is 29.2 Å². The number of halogens is 1. The minimum absolute atomic E-state index is 0.133. The molecule has 21 heavy (non-hydrogen) atoms. The van der Waals surface area contributed by atoms with E-state index in [1.807, 2.05) is 12.1 Å². The normalized spacial score (nSPS) is 21.3. The molecule has 3 rings (SSSR count). The summed E-state index contributed by atoms with van der Waals surface area (Å²) < 4.78 is 11.7. The second-order valence-electron chi connectivity index (χ2n) is 5.77. The number of benzene rings is 1. The van der Waals surface area contributed by atoms with E-state index in [0.29, 0.717) is 16.8 Å². The van der Waals surface area contributed by atoms with Crippen LogP contribution in [0.3, 0.4) is 0 Å². The van der Waals surface area contributed by atoms with Gasteiger partial charge in [-0.05, 0) is 44.2 Å². The van der Waals surface area contributed by atoms with E-state index in [1.54, 1.807) is 7.11 Å². The van der Waals surface area contributed by atoms with E-state index >= 15 is 0 Å². The number of rotatable bonds is 6. The van der Waals surface area contributed by atoms with Crippen LogP contribution < -0.4 is 14.8 Å². The van der Waals surface area contributed by atoms with Gasteiger partial charge in [0.05, 0.1) is 7.11 Å². The molecule has 0 bridgehead atoms. The van der Waals surface area contributed by atoms with Crippen LogP contribution in [0.2, 0.25) is 5.02 Å². The summed E-state index contributed by atoms with van der Waals surface area (Å²) in [5.41, 5.74) is 1.07. The minimum Gasteiger partial charge on any atom is -0.493 e. The molecule has 3 nitrogen and oxygen atoms in total. The fourth-order valence-corrected chi connectivity index (χ4v) is 2.84. The second kappa shape index (κ2) is 6.71. The van der Waals surface area contributed by atoms with Gasteiger partial charge in [-0.15, -0.1) is 0 Å². The highest BCUT2D eigenvalue weighted by molar-refractivity contribution is 6.30. The maximum Gasteiger partial charge on any atom is 0.166 e. The third-order valence-electron chi connectivity index (χ3n) is 3.95. The van der Waals surface area contributed by atoms with Crippen LogP contribution in [0, 0.1) is 0 Å². The highest BCUT2D eigenvalue weighted by Crippen LogP contribution is 2.37. The molecule has 1 aromatic rings. The average molecular weight is 308 g/mol. The van der Waals surface area contributed by atoms with Crippen molar-refractivity contribution in [2.45, 2.75) is 50.8 Å². The summed E-state index contributed by atoms with van der Waals surface area (Å²) >= 11 is 6.20. The zero-order chi connectivity index (χ0) is 14.7. The van der Waals surface area contributed by atoms with Crippen LogP contribution in [0.5, 0.6) is 11.5 Å². The molecule has 114 valence electrons. The van der Waals surface area contributed by atoms with E-state index in [4.69, 9.17) is 21.1 Å². The number of hydrogen-bond acceptors (Lipinski definition) is 3. The number of ether oxygens (including phenoxy) is 2. The molecule has 1 aromatic carbocycles. The van der Waals surface area contributed by atoms with Crippen molar-refractivity contribution < 1.29 is 9.47 Å². The SMILES string of the molecule is COc1cc(Cl)cc(CNC2CC2)c1OC1C=CCCC1. The lowest BCUT2D eigenvalue weighted by Crippen LogP contribution is -2.20. The van der Waals surface area contributed by atoms with Gasteiger partial charge in [-0.3, -0.25) is 0 Å². The topological polar surface area (TPSA) is 30.5 Å². The third kappa shape index (κ3) is 3.92. The number of allylic oxidation sites excluding steroid dienone is 1. The molecule has 1 N–H and O–H groups in total. The Labute approximate surface area is 131 Å². The summed E-state index contributed by atoms with van der Waals surface area (Å²) in [5, 5.41) is 4.20. The van der Waals surface area contributed by atoms with Gasteiger partial charge in [-0.2, -0.15) is 0 Å². The first-order valence-corrected chi connectivity index (χ1v) is 8.07. The first kappa shape index (κ1) is 14.7. The predicted molar refractivity (Wildman–Crippen MR) is 85.3 cm³/mol. The van der Waals surface area contributed by atoms with Crippen molar-refractivity contribution in [1.29, 1.82) is 0 Å². The fourth-order valence-electron chi connectivity index (χ4n) is 2.61. The third-order valence-corrected chi connectivity index (χ3v) is 4.17. The molecule has 0 amide bonds. The molecule has 1 saturated carbocycles. The van der Waals surface area contributed by atoms with Crippen molar-refractivity contribution in [2.24, 2.45) is 0 Å². The molecule has 2 aliphatic rings. The van der Waals surface area contributed by atoms with Crippen molar-refractivity contribution >= 4 is 11.6 Å². The number of methoxy groups -OCH3 is 1. The summed E-state index contributed by atoms with van der Waals surface area (Å²) in [7, 11) is 1.66. The summed E-state index contributed by atoms with van der Waals surface area (Å²) in [6.45, 7) is 0.771. The Morgan fingerprint density at radius 2 is 2.14 bits per heavy atom. The lowest BCUT2D eigenvalue weighted by Gasteiger charge is -2.22. The molecule has 1 fully saturated rings. The Kier molecular flexibility index (Phi) is 4.71. The Morgan fingerprint density at radius 1 is 1.29 bits per heavy atom. The first-order chi connectivity index (χ1) is 10.3. The lowest BCUT2D eigenvalue weighted by atomic mass is 10.1. The Bertz CT molecular complexity index is 526. The van der Waals surface area contributed by atoms with E-state index in [-0.39, 0.29) is 6.10 Å². The van der Waals surface area contributed by atoms with Crippen LogP contribution >= 0.6 is 11.6 Å². The van der Waals surface area contributed by atoms with Crippen LogP contribution in [-0.4, -0.2) is 19.3 Å². The molecule has 0 saturated heterocycles. The molecule has 0 spiro atoms. The van der Waals surface area contributed by atoms with Gasteiger partial charge >= 0.3 is 0 Å². The first-order valence-electron chi connectivity index (χ1n) is 7.69. The van der Waals surface area contributed by atoms with Crippen molar-refractivity contribution in [1.82, 2.24) is 5.32 Å². The smallest absolute Gasteiger partial charge is 0.166 e. The summed E-state index contributed by atoms with van der Waals surface area (Å²) in [4.78, 5) is 0. The Balaban J connectivity index is 1.82. The van der Waals surface area contributed by atoms with Crippen molar-refractivity contribution in [3.63, 3.8) is 0 Å². The zero-order valence-corrected chi connectivity index (χ0v) is 13.2. The van der Waals surface area contributed by atoms with Crippen LogP contribution in [0.1, 0.15) is 37.7 Å². The van der Waals surface area contributed by atoms with Crippen LogP contribution in [0.15, 0.2) is 24.3 Å². The average Bonchev–Trinajstić information content (AvgIpc) is 3.32. The van der Waals surface area contributed by atoms with Gasteiger partial charge in [0.15, 0.2) is 11.5 Å². The summed E-state index contributed by atoms with van der Waals surface area (Å²) in [6.07, 6.45) is 10.4. The van der Waals surface area contributed by atoms with Gasteiger partial charge in [-0.25, -0.2) is 0 Å². The van der Waals surface area contributed by atoms with E-state index in [9.17, 15) is 0 Å². The van der Waals surface area contributed by atoms with Crippen LogP contribution in [-0.2, 0) is 6.54 Å². The molecular weight excluding hydrogens is 286 g/mol. The fraction of sp³-hybridized carbons (Fsp3) is 0.529. The van der Waals surface area contributed by atoms with Gasteiger partial charge in [-0.1, -0.05) is 17.7 Å². The minimum atomic E-state index is 0.133. The maximum atomic E-state index is 6.21. The Morgan fingerprint density at radius 3 is 2.81 bits per heavy atom. The summed E-state index contributed by atoms with van der Waals surface area (Å²) in [5.74, 6) is 1.54. The molecule has 0 heterocycles. The largest absolute Gasteiger partial charge is 0.493 e. The van der Waals surface area contributed by atoms with Crippen molar-refractivity contribution in [3.8, 4) is 11.5 Å². The second-order valence-corrected chi connectivity index (χ2v) is 6.20. The zero-order valence-electron chi connectivity index (χ0n) is 12.4. The van der Waals surface area contributed by atoms with Gasteiger partial charge in [0.1, 0.15) is 6.10 Å². The van der Waals surface area contributed by atoms with Crippen LogP contribution in [0.25, 0.3) is 0 Å². The monoisotopic (exact) mass is 307 g/mol. The van der Waals surface area contributed by atoms with Gasteiger partial charge < -0.3 is 14.8 Å². The van der Waals surface area contributed by atoms with E-state index in [0.717, 1.165) is 30.7 Å². The van der Waals surface area contributed by atoms with Crippen molar-refractivity contribution in [3.05, 3.63) is 34.9 Å². The molecule has 0 aromatic heterocycles. The Hall–Kier alpha value is -1.19. The lowest BCUT2D eigenvalue weighted by molar-refractivity contribution is 0.216. The molecule has 0 aliphatic heterocycles. The highest BCUT2D eigenvalue weighted by atomic mass is 35.5. The molecule has 2 aliphatic carbocycles. The molecule has 4 heteroatoms. The van der Waals surface area contributed by atoms with Crippen molar-refractivity contribution in [2.75, 3.05) is 7.11 Å². The standard InChI is InChI=1S/C17H22ClNO2/c1-20-16-10-13(18)9-12(11-19-14-7-8-14)17(16)21-15-5-3-2-4-6-15/h3,5,9-10,14-15,19H,2,4,6-8,11H2,1H3. The predicted octanol–water partition coefficient (Wildman–Crippen LogP) is 4.09.